The van der Waals surface area contributed by atoms with E-state index in [2.05, 4.69) is 25.1 Å². The van der Waals surface area contributed by atoms with E-state index < -0.39 is 0 Å². The Balaban J connectivity index is 1.59. The van der Waals surface area contributed by atoms with Gasteiger partial charge in [-0.05, 0) is 30.2 Å². The summed E-state index contributed by atoms with van der Waals surface area (Å²) >= 11 is 0. The van der Waals surface area contributed by atoms with E-state index in [1.807, 2.05) is 60.7 Å². The number of rotatable bonds is 4. The zero-order valence-corrected chi connectivity index (χ0v) is 12.8. The topological polar surface area (TPSA) is 70.6 Å². The Kier molecular flexibility index (Phi) is 3.34. The number of para-hydroxylation sites is 1. The number of nitrogens with one attached hydrogen (secondary N) is 1. The Morgan fingerprint density at radius 2 is 1.87 bits per heavy atom. The van der Waals surface area contributed by atoms with Gasteiger partial charge in [0.05, 0.1) is 0 Å². The van der Waals surface area contributed by atoms with Gasteiger partial charge in [-0.15, -0.1) is 10.2 Å². The lowest BCUT2D eigenvalue weighted by atomic mass is 10.2. The van der Waals surface area contributed by atoms with Crippen LogP contribution < -0.4 is 4.90 Å². The van der Waals surface area contributed by atoms with E-state index in [9.17, 15) is 0 Å². The second-order valence-electron chi connectivity index (χ2n) is 5.51. The molecule has 0 saturated carbocycles. The van der Waals surface area contributed by atoms with Gasteiger partial charge in [-0.3, -0.25) is 4.98 Å². The third-order valence-corrected chi connectivity index (χ3v) is 3.94. The summed E-state index contributed by atoms with van der Waals surface area (Å²) in [6, 6.07) is 12.1. The Morgan fingerprint density at radius 1 is 1.04 bits per heavy atom. The molecule has 3 heterocycles. The third kappa shape index (κ3) is 2.59. The standard InChI is InChI=1S/C17H16N6/c1-23(11-8-12-6-9-18-10-7-12)17-20-16-15(21-22-17)13-4-2-3-5-14(13)19-16/h2-7,9-10H,8,11H2,1H3,(H,19,20,22). The molecule has 1 aromatic carbocycles. The molecule has 23 heavy (non-hydrogen) atoms. The van der Waals surface area contributed by atoms with Gasteiger partial charge in [0.25, 0.3) is 0 Å². The molecule has 3 aromatic heterocycles. The van der Waals surface area contributed by atoms with Crippen molar-refractivity contribution in [1.82, 2.24) is 25.1 Å². The fourth-order valence-electron chi connectivity index (χ4n) is 2.62. The molecule has 0 fully saturated rings. The van der Waals surface area contributed by atoms with E-state index in [0.29, 0.717) is 5.95 Å². The number of fused-ring (bicyclic) bond motifs is 3. The highest BCUT2D eigenvalue weighted by molar-refractivity contribution is 6.03. The normalized spacial score (nSPS) is 11.2. The van der Waals surface area contributed by atoms with Crippen LogP contribution in [0, 0.1) is 0 Å². The van der Waals surface area contributed by atoms with Crippen LogP contribution in [0.3, 0.4) is 0 Å². The molecule has 6 nitrogen and oxygen atoms in total. The molecule has 0 spiro atoms. The average Bonchev–Trinajstić information content (AvgIpc) is 2.98. The van der Waals surface area contributed by atoms with Gasteiger partial charge in [0.2, 0.25) is 5.95 Å². The first-order chi connectivity index (χ1) is 11.3. The number of benzene rings is 1. The Hall–Kier alpha value is -3.02. The highest BCUT2D eigenvalue weighted by atomic mass is 15.3. The van der Waals surface area contributed by atoms with Gasteiger partial charge in [-0.25, -0.2) is 0 Å². The highest BCUT2D eigenvalue weighted by Gasteiger charge is 2.11. The zero-order chi connectivity index (χ0) is 15.6. The van der Waals surface area contributed by atoms with Gasteiger partial charge in [-0.2, -0.15) is 4.98 Å². The third-order valence-electron chi connectivity index (χ3n) is 3.94. The number of pyridine rings is 1. The van der Waals surface area contributed by atoms with Crippen molar-refractivity contribution in [2.45, 2.75) is 6.42 Å². The molecule has 0 unspecified atom stereocenters. The van der Waals surface area contributed by atoms with Crippen LogP contribution in [-0.4, -0.2) is 38.7 Å². The molecule has 114 valence electrons. The van der Waals surface area contributed by atoms with E-state index in [0.717, 1.165) is 35.0 Å². The lowest BCUT2D eigenvalue weighted by molar-refractivity contribution is 0.821. The smallest absolute Gasteiger partial charge is 0.247 e. The number of nitrogens with zero attached hydrogens (tertiary/aromatic N) is 5. The van der Waals surface area contributed by atoms with Crippen molar-refractivity contribution >= 4 is 28.0 Å². The highest BCUT2D eigenvalue weighted by Crippen LogP contribution is 2.22. The van der Waals surface area contributed by atoms with Gasteiger partial charge in [0, 0.05) is 36.9 Å². The van der Waals surface area contributed by atoms with Gasteiger partial charge in [0.15, 0.2) is 5.65 Å². The number of anilines is 1. The van der Waals surface area contributed by atoms with Crippen LogP contribution in [0.2, 0.25) is 0 Å². The quantitative estimate of drug-likeness (QED) is 0.627. The molecular weight excluding hydrogens is 288 g/mol. The van der Waals surface area contributed by atoms with Crippen LogP contribution in [0.4, 0.5) is 5.95 Å². The number of hydrogen-bond acceptors (Lipinski definition) is 5. The Labute approximate surface area is 133 Å². The lowest BCUT2D eigenvalue weighted by Crippen LogP contribution is -2.23. The summed E-state index contributed by atoms with van der Waals surface area (Å²) in [5.74, 6) is 0.623. The van der Waals surface area contributed by atoms with Crippen LogP contribution in [0.5, 0.6) is 0 Å². The summed E-state index contributed by atoms with van der Waals surface area (Å²) in [6.45, 7) is 0.817. The lowest BCUT2D eigenvalue weighted by Gasteiger charge is -2.15. The molecule has 0 aliphatic heterocycles. The van der Waals surface area contributed by atoms with Crippen LogP contribution in [-0.2, 0) is 6.42 Å². The van der Waals surface area contributed by atoms with Gasteiger partial charge < -0.3 is 9.88 Å². The molecule has 6 heteroatoms. The molecular formula is C17H16N6. The first-order valence-corrected chi connectivity index (χ1v) is 7.52. The summed E-state index contributed by atoms with van der Waals surface area (Å²) in [5.41, 5.74) is 3.85. The van der Waals surface area contributed by atoms with Crippen molar-refractivity contribution in [2.24, 2.45) is 0 Å². The molecule has 0 aliphatic rings. The van der Waals surface area contributed by atoms with Gasteiger partial charge >= 0.3 is 0 Å². The summed E-state index contributed by atoms with van der Waals surface area (Å²) < 4.78 is 0. The molecule has 0 radical (unpaired) electrons. The molecule has 1 N–H and O–H groups in total. The first-order valence-electron chi connectivity index (χ1n) is 7.52. The molecule has 0 bridgehead atoms. The van der Waals surface area contributed by atoms with Crippen LogP contribution in [0.25, 0.3) is 22.1 Å². The molecule has 4 rings (SSSR count). The Morgan fingerprint density at radius 3 is 2.74 bits per heavy atom. The van der Waals surface area contributed by atoms with Crippen molar-refractivity contribution in [3.8, 4) is 0 Å². The zero-order valence-electron chi connectivity index (χ0n) is 12.8. The SMILES string of the molecule is CN(CCc1ccncc1)c1nnc2c(n1)[nH]c1ccccc12. The van der Waals surface area contributed by atoms with Crippen LogP contribution in [0.15, 0.2) is 48.8 Å². The number of hydrogen-bond donors (Lipinski definition) is 1. The van der Waals surface area contributed by atoms with E-state index in [-0.39, 0.29) is 0 Å². The Bertz CT molecular complexity index is 947. The fourth-order valence-corrected chi connectivity index (χ4v) is 2.62. The largest absolute Gasteiger partial charge is 0.342 e. The predicted molar refractivity (Wildman–Crippen MR) is 90.4 cm³/mol. The van der Waals surface area contributed by atoms with E-state index >= 15 is 0 Å². The van der Waals surface area contributed by atoms with Crippen molar-refractivity contribution < 1.29 is 0 Å². The fraction of sp³-hybridized carbons (Fsp3) is 0.176. The monoisotopic (exact) mass is 304 g/mol. The van der Waals surface area contributed by atoms with E-state index in [4.69, 9.17) is 0 Å². The van der Waals surface area contributed by atoms with E-state index in [1.54, 1.807) is 0 Å². The minimum absolute atomic E-state index is 0.623. The summed E-state index contributed by atoms with van der Waals surface area (Å²) in [7, 11) is 1.98. The summed E-state index contributed by atoms with van der Waals surface area (Å²) in [4.78, 5) is 14.0. The number of aromatic nitrogens is 5. The van der Waals surface area contributed by atoms with Crippen molar-refractivity contribution in [3.05, 3.63) is 54.4 Å². The van der Waals surface area contributed by atoms with Crippen LogP contribution >= 0.6 is 0 Å². The molecule has 0 amide bonds. The van der Waals surface area contributed by atoms with E-state index in [1.165, 1.54) is 5.56 Å². The second kappa shape index (κ2) is 5.64. The molecule has 0 atom stereocenters. The summed E-state index contributed by atoms with van der Waals surface area (Å²) in [5, 5.41) is 9.67. The molecule has 4 aromatic rings. The molecule has 0 aliphatic carbocycles. The summed E-state index contributed by atoms with van der Waals surface area (Å²) in [6.07, 6.45) is 4.53. The predicted octanol–water partition coefficient (Wildman–Crippen LogP) is 2.58. The number of likely N-dealkylation sites (N-methyl/N-ethyl adjacent to an activating group) is 1. The number of aromatic amines is 1. The van der Waals surface area contributed by atoms with Crippen LogP contribution in [0.1, 0.15) is 5.56 Å². The van der Waals surface area contributed by atoms with Gasteiger partial charge in [0.1, 0.15) is 5.52 Å². The average molecular weight is 304 g/mol. The second-order valence-corrected chi connectivity index (χ2v) is 5.51. The minimum Gasteiger partial charge on any atom is -0.342 e. The van der Waals surface area contributed by atoms with Gasteiger partial charge in [-0.1, -0.05) is 18.2 Å². The number of H-pyrrole nitrogens is 1. The maximum absolute atomic E-state index is 4.61. The maximum atomic E-state index is 4.61. The maximum Gasteiger partial charge on any atom is 0.247 e. The molecule has 0 saturated heterocycles. The first kappa shape index (κ1) is 13.6. The van der Waals surface area contributed by atoms with Crippen molar-refractivity contribution in [1.29, 1.82) is 0 Å². The van der Waals surface area contributed by atoms with Crippen molar-refractivity contribution in [2.75, 3.05) is 18.5 Å². The minimum atomic E-state index is 0.623. The van der Waals surface area contributed by atoms with Crippen molar-refractivity contribution in [3.63, 3.8) is 0 Å².